The van der Waals surface area contributed by atoms with Gasteiger partial charge in [0.25, 0.3) is 0 Å². The fourth-order valence-corrected chi connectivity index (χ4v) is 4.38. The number of ether oxygens (including phenoxy) is 2. The van der Waals surface area contributed by atoms with Crippen molar-refractivity contribution in [3.8, 4) is 11.5 Å². The first-order valence-electron chi connectivity index (χ1n) is 11.2. The second-order valence-electron chi connectivity index (χ2n) is 8.52. The summed E-state index contributed by atoms with van der Waals surface area (Å²) in [7, 11) is 5.32. The third-order valence-electron chi connectivity index (χ3n) is 6.37. The van der Waals surface area contributed by atoms with Crippen LogP contribution >= 0.6 is 0 Å². The Labute approximate surface area is 190 Å². The largest absolute Gasteiger partial charge is 0.496 e. The lowest BCUT2D eigenvalue weighted by Gasteiger charge is -2.24. The molecule has 0 saturated heterocycles. The predicted molar refractivity (Wildman–Crippen MR) is 130 cm³/mol. The number of ketones is 2. The van der Waals surface area contributed by atoms with Crippen molar-refractivity contribution in [3.05, 3.63) is 35.4 Å². The zero-order chi connectivity index (χ0) is 23.6. The fraction of sp³-hybridized carbons (Fsp3) is 0.462. The van der Waals surface area contributed by atoms with E-state index in [1.165, 1.54) is 13.8 Å². The molecule has 6 heteroatoms. The number of carbonyl (C=O) groups excluding carboxylic acids is 2. The van der Waals surface area contributed by atoms with Crippen LogP contribution in [0.4, 0.5) is 0 Å². The standard InChI is InChI=1S/C26H34N2O4/c1-8-10-27(5)16(2)9-11-28-23-14-25(31-6)19(17(3)29)12-21(23)22-13-20(18(4)30)26(32-7)15-24(22)28/h12-16H,8-11H2,1-7H3. The Balaban J connectivity index is 2.26. The van der Waals surface area contributed by atoms with Crippen LogP contribution in [0.1, 0.15) is 61.3 Å². The van der Waals surface area contributed by atoms with E-state index >= 15 is 0 Å². The van der Waals surface area contributed by atoms with Gasteiger partial charge in [0.05, 0.1) is 36.4 Å². The highest BCUT2D eigenvalue weighted by molar-refractivity contribution is 6.14. The quantitative estimate of drug-likeness (QED) is 0.400. The minimum absolute atomic E-state index is 0.0558. The first-order chi connectivity index (χ1) is 15.2. The molecule has 32 heavy (non-hydrogen) atoms. The molecule has 6 nitrogen and oxygen atoms in total. The molecular weight excluding hydrogens is 404 g/mol. The Morgan fingerprint density at radius 2 is 1.41 bits per heavy atom. The lowest BCUT2D eigenvalue weighted by atomic mass is 10.0. The van der Waals surface area contributed by atoms with Crippen LogP contribution in [-0.2, 0) is 6.54 Å². The molecule has 2 aromatic carbocycles. The second-order valence-corrected chi connectivity index (χ2v) is 8.52. The lowest BCUT2D eigenvalue weighted by molar-refractivity contribution is 0.100. The van der Waals surface area contributed by atoms with E-state index in [-0.39, 0.29) is 11.6 Å². The minimum atomic E-state index is -0.0558. The Hall–Kier alpha value is -2.86. The number of nitrogens with zero attached hydrogens (tertiary/aromatic N) is 2. The summed E-state index contributed by atoms with van der Waals surface area (Å²) < 4.78 is 13.3. The maximum absolute atomic E-state index is 12.3. The number of benzene rings is 2. The predicted octanol–water partition coefficient (Wildman–Crippen LogP) is 5.34. The molecule has 0 fully saturated rings. The monoisotopic (exact) mass is 438 g/mol. The molecule has 0 aliphatic heterocycles. The van der Waals surface area contributed by atoms with E-state index in [0.717, 1.165) is 47.7 Å². The Bertz CT molecular complexity index is 1080. The number of carbonyl (C=O) groups is 2. The Kier molecular flexibility index (Phi) is 7.24. The lowest BCUT2D eigenvalue weighted by Crippen LogP contribution is -2.30. The number of fused-ring (bicyclic) bond motifs is 3. The van der Waals surface area contributed by atoms with Gasteiger partial charge in [0, 0.05) is 35.5 Å². The van der Waals surface area contributed by atoms with Crippen LogP contribution in [0.2, 0.25) is 0 Å². The zero-order valence-electron chi connectivity index (χ0n) is 20.2. The van der Waals surface area contributed by atoms with Crippen molar-refractivity contribution in [2.75, 3.05) is 27.8 Å². The van der Waals surface area contributed by atoms with Crippen molar-refractivity contribution < 1.29 is 19.1 Å². The smallest absolute Gasteiger partial charge is 0.163 e. The summed E-state index contributed by atoms with van der Waals surface area (Å²) in [6.07, 6.45) is 2.08. The highest BCUT2D eigenvalue weighted by Crippen LogP contribution is 2.38. The van der Waals surface area contributed by atoms with Crippen LogP contribution in [0.3, 0.4) is 0 Å². The van der Waals surface area contributed by atoms with Crippen LogP contribution in [-0.4, -0.2) is 54.9 Å². The van der Waals surface area contributed by atoms with Crippen molar-refractivity contribution in [2.24, 2.45) is 0 Å². The number of aryl methyl sites for hydroxylation is 1. The highest BCUT2D eigenvalue weighted by Gasteiger charge is 2.20. The number of hydrogen-bond acceptors (Lipinski definition) is 5. The molecule has 1 heterocycles. The summed E-state index contributed by atoms with van der Waals surface area (Å²) in [5.74, 6) is 1.01. The SMILES string of the molecule is CCCN(C)C(C)CCn1c2cc(OC)c(C(C)=O)cc2c2cc(C(C)=O)c(OC)cc21. The van der Waals surface area contributed by atoms with Gasteiger partial charge in [-0.05, 0) is 59.3 Å². The molecular formula is C26H34N2O4. The van der Waals surface area contributed by atoms with Crippen molar-refractivity contribution in [1.29, 1.82) is 0 Å². The topological polar surface area (TPSA) is 60.8 Å². The number of methoxy groups -OCH3 is 2. The normalized spacial score (nSPS) is 12.5. The number of aromatic nitrogens is 1. The minimum Gasteiger partial charge on any atom is -0.496 e. The average molecular weight is 439 g/mol. The van der Waals surface area contributed by atoms with Gasteiger partial charge in [-0.3, -0.25) is 9.59 Å². The van der Waals surface area contributed by atoms with Crippen LogP contribution in [0.15, 0.2) is 24.3 Å². The van der Waals surface area contributed by atoms with Gasteiger partial charge in [-0.1, -0.05) is 6.92 Å². The van der Waals surface area contributed by atoms with Gasteiger partial charge in [0.15, 0.2) is 11.6 Å². The molecule has 0 radical (unpaired) electrons. The maximum Gasteiger partial charge on any atom is 0.163 e. The molecule has 3 rings (SSSR count). The van der Waals surface area contributed by atoms with Crippen molar-refractivity contribution in [2.45, 2.75) is 53.1 Å². The Morgan fingerprint density at radius 3 is 1.78 bits per heavy atom. The first kappa shape index (κ1) is 23.8. The molecule has 3 aromatic rings. The summed E-state index contributed by atoms with van der Waals surface area (Å²) in [5.41, 5.74) is 3.04. The van der Waals surface area contributed by atoms with Gasteiger partial charge in [-0.15, -0.1) is 0 Å². The van der Waals surface area contributed by atoms with Crippen LogP contribution in [0.25, 0.3) is 21.8 Å². The molecule has 0 aliphatic rings. The molecule has 1 aromatic heterocycles. The third kappa shape index (κ3) is 4.37. The molecule has 1 atom stereocenters. The summed E-state index contributed by atoms with van der Waals surface area (Å²) >= 11 is 0. The molecule has 0 spiro atoms. The highest BCUT2D eigenvalue weighted by atomic mass is 16.5. The molecule has 0 N–H and O–H groups in total. The van der Waals surface area contributed by atoms with Gasteiger partial charge in [0.2, 0.25) is 0 Å². The summed E-state index contributed by atoms with van der Waals surface area (Å²) in [5, 5.41) is 1.87. The van der Waals surface area contributed by atoms with Crippen molar-refractivity contribution >= 4 is 33.4 Å². The molecule has 0 aliphatic carbocycles. The maximum atomic E-state index is 12.3. The average Bonchev–Trinajstić information content (AvgIpc) is 3.07. The fourth-order valence-electron chi connectivity index (χ4n) is 4.38. The molecule has 0 saturated carbocycles. The van der Waals surface area contributed by atoms with E-state index in [9.17, 15) is 9.59 Å². The van der Waals surface area contributed by atoms with Crippen LogP contribution in [0.5, 0.6) is 11.5 Å². The Morgan fingerprint density at radius 1 is 0.938 bits per heavy atom. The summed E-state index contributed by atoms with van der Waals surface area (Å²) in [4.78, 5) is 26.9. The molecule has 0 amide bonds. The summed E-state index contributed by atoms with van der Waals surface area (Å²) in [6, 6.07) is 8.06. The molecule has 172 valence electrons. The van der Waals surface area contributed by atoms with Gasteiger partial charge in [-0.2, -0.15) is 0 Å². The number of hydrogen-bond donors (Lipinski definition) is 0. The van der Waals surface area contributed by atoms with Crippen molar-refractivity contribution in [3.63, 3.8) is 0 Å². The van der Waals surface area contributed by atoms with E-state index < -0.39 is 0 Å². The van der Waals surface area contributed by atoms with E-state index in [4.69, 9.17) is 9.47 Å². The van der Waals surface area contributed by atoms with Crippen LogP contribution < -0.4 is 9.47 Å². The van der Waals surface area contributed by atoms with Gasteiger partial charge in [-0.25, -0.2) is 0 Å². The molecule has 0 bridgehead atoms. The molecule has 1 unspecified atom stereocenters. The van der Waals surface area contributed by atoms with E-state index in [2.05, 4.69) is 30.4 Å². The van der Waals surface area contributed by atoms with Gasteiger partial charge >= 0.3 is 0 Å². The van der Waals surface area contributed by atoms with Crippen molar-refractivity contribution in [1.82, 2.24) is 9.47 Å². The van der Waals surface area contributed by atoms with Gasteiger partial charge < -0.3 is 18.9 Å². The number of Topliss-reactive ketones (excluding diaryl/α,β-unsaturated/α-hetero) is 2. The third-order valence-corrected chi connectivity index (χ3v) is 6.37. The first-order valence-corrected chi connectivity index (χ1v) is 11.2. The number of rotatable bonds is 10. The zero-order valence-corrected chi connectivity index (χ0v) is 20.2. The van der Waals surface area contributed by atoms with E-state index in [1.54, 1.807) is 14.2 Å². The van der Waals surface area contributed by atoms with Crippen LogP contribution in [0, 0.1) is 0 Å². The van der Waals surface area contributed by atoms with Gasteiger partial charge in [0.1, 0.15) is 11.5 Å². The summed E-state index contributed by atoms with van der Waals surface area (Å²) in [6.45, 7) is 9.36. The van der Waals surface area contributed by atoms with E-state index in [1.807, 2.05) is 24.3 Å². The second kappa shape index (κ2) is 9.74. The van der Waals surface area contributed by atoms with E-state index in [0.29, 0.717) is 28.7 Å².